The molecular weight excluding hydrogens is 404 g/mol. The largest absolute Gasteiger partial charge is 0.481 e. The van der Waals surface area contributed by atoms with E-state index in [4.69, 9.17) is 0 Å². The van der Waals surface area contributed by atoms with Gasteiger partial charge in [0.15, 0.2) is 0 Å². The van der Waals surface area contributed by atoms with Crippen LogP contribution in [0.15, 0.2) is 12.2 Å². The van der Waals surface area contributed by atoms with E-state index in [1.165, 1.54) is 44.1 Å². The first-order chi connectivity index (χ1) is 15.3. The van der Waals surface area contributed by atoms with Gasteiger partial charge in [0.1, 0.15) is 0 Å². The summed E-state index contributed by atoms with van der Waals surface area (Å²) in [6, 6.07) is 0. The Balaban J connectivity index is 1.57. The lowest BCUT2D eigenvalue weighted by Gasteiger charge is -2.73. The Morgan fingerprint density at radius 3 is 2.15 bits per heavy atom. The Kier molecular flexibility index (Phi) is 5.17. The highest BCUT2D eigenvalue weighted by molar-refractivity contribution is 5.76. The van der Waals surface area contributed by atoms with Crippen molar-refractivity contribution >= 4 is 5.97 Å². The molecule has 0 aromatic heterocycles. The van der Waals surface area contributed by atoms with Gasteiger partial charge >= 0.3 is 5.97 Å². The maximum Gasteiger partial charge on any atom is 0.309 e. The fourth-order valence-electron chi connectivity index (χ4n) is 11.7. The number of fused-ring (bicyclic) bond motifs is 7. The van der Waals surface area contributed by atoms with Crippen LogP contribution in [0.4, 0.5) is 0 Å². The third-order valence-electron chi connectivity index (χ3n) is 14.0. The molecule has 0 spiro atoms. The molecular formula is C31H50O2. The Morgan fingerprint density at radius 2 is 1.52 bits per heavy atom. The summed E-state index contributed by atoms with van der Waals surface area (Å²) in [5.41, 5.74) is 2.16. The fraction of sp³-hybridized carbons (Fsp3) is 0.903. The summed E-state index contributed by atoms with van der Waals surface area (Å²) in [6.07, 6.45) is 11.9. The third kappa shape index (κ3) is 2.76. The van der Waals surface area contributed by atoms with Crippen molar-refractivity contribution in [3.63, 3.8) is 0 Å². The van der Waals surface area contributed by atoms with Gasteiger partial charge in [-0.1, -0.05) is 53.7 Å². The average Bonchev–Trinajstić information content (AvgIpc) is 3.13. The topological polar surface area (TPSA) is 37.3 Å². The summed E-state index contributed by atoms with van der Waals surface area (Å²) in [5.74, 6) is 3.12. The molecule has 5 fully saturated rings. The van der Waals surface area contributed by atoms with Crippen LogP contribution < -0.4 is 0 Å². The van der Waals surface area contributed by atoms with E-state index in [1.807, 2.05) is 0 Å². The molecule has 33 heavy (non-hydrogen) atoms. The summed E-state index contributed by atoms with van der Waals surface area (Å²) < 4.78 is 0. The van der Waals surface area contributed by atoms with Crippen LogP contribution in [0.1, 0.15) is 113 Å². The van der Waals surface area contributed by atoms with Gasteiger partial charge in [0.25, 0.3) is 0 Å². The smallest absolute Gasteiger partial charge is 0.309 e. The SMILES string of the molecule is C=C(C)[C@@H]1CC[C@]2(C(=O)O)CC[C@]3(C)[C@H](CC[C@@H]4[C@@]5(C)CC[C@H](C)C(C)(C)[C@@H]5CC[C@]43C)[C@@H]12. The van der Waals surface area contributed by atoms with Crippen molar-refractivity contribution < 1.29 is 9.90 Å². The molecule has 0 radical (unpaired) electrons. The van der Waals surface area contributed by atoms with Crippen molar-refractivity contribution in [1.29, 1.82) is 0 Å². The van der Waals surface area contributed by atoms with E-state index in [-0.39, 0.29) is 11.3 Å². The van der Waals surface area contributed by atoms with Crippen molar-refractivity contribution in [2.45, 2.75) is 113 Å². The number of carboxylic acids is 1. The normalized spacial score (nSPS) is 55.0. The number of aliphatic carboxylic acids is 1. The van der Waals surface area contributed by atoms with Crippen molar-refractivity contribution in [3.05, 3.63) is 12.2 Å². The highest BCUT2D eigenvalue weighted by atomic mass is 16.4. The molecule has 0 aliphatic heterocycles. The molecule has 0 bridgehead atoms. The quantitative estimate of drug-likeness (QED) is 0.425. The first kappa shape index (κ1) is 23.9. The number of hydrogen-bond acceptors (Lipinski definition) is 1. The third-order valence-corrected chi connectivity index (χ3v) is 14.0. The molecule has 0 unspecified atom stereocenters. The van der Waals surface area contributed by atoms with E-state index < -0.39 is 11.4 Å². The van der Waals surface area contributed by atoms with Crippen molar-refractivity contribution in [1.82, 2.24) is 0 Å². The Hall–Kier alpha value is -0.790. The minimum atomic E-state index is -0.510. The number of carboxylic acid groups (broad SMARTS) is 1. The van der Waals surface area contributed by atoms with E-state index in [0.29, 0.717) is 28.1 Å². The maximum atomic E-state index is 12.8. The summed E-state index contributed by atoms with van der Waals surface area (Å²) in [4.78, 5) is 12.8. The van der Waals surface area contributed by atoms with E-state index in [2.05, 4.69) is 55.0 Å². The molecule has 0 saturated heterocycles. The van der Waals surface area contributed by atoms with Crippen LogP contribution in [0.2, 0.25) is 0 Å². The van der Waals surface area contributed by atoms with Crippen LogP contribution in [0.5, 0.6) is 0 Å². The van der Waals surface area contributed by atoms with E-state index in [0.717, 1.165) is 43.4 Å². The van der Waals surface area contributed by atoms with Crippen LogP contribution in [0.3, 0.4) is 0 Å². The highest BCUT2D eigenvalue weighted by Gasteiger charge is 2.71. The molecule has 5 rings (SSSR count). The zero-order valence-corrected chi connectivity index (χ0v) is 22.6. The molecule has 2 heteroatoms. The molecule has 0 aromatic carbocycles. The number of hydrogen-bond donors (Lipinski definition) is 1. The molecule has 0 aromatic rings. The second-order valence-electron chi connectivity index (χ2n) is 14.9. The van der Waals surface area contributed by atoms with E-state index >= 15 is 0 Å². The van der Waals surface area contributed by atoms with Gasteiger partial charge in [-0.2, -0.15) is 0 Å². The predicted molar refractivity (Wildman–Crippen MR) is 136 cm³/mol. The van der Waals surface area contributed by atoms with Crippen molar-refractivity contribution in [2.24, 2.45) is 62.6 Å². The monoisotopic (exact) mass is 454 g/mol. The van der Waals surface area contributed by atoms with Gasteiger partial charge in [-0.05, 0) is 128 Å². The summed E-state index contributed by atoms with van der Waals surface area (Å²) in [5, 5.41) is 10.5. The Morgan fingerprint density at radius 1 is 0.818 bits per heavy atom. The van der Waals surface area contributed by atoms with Crippen LogP contribution >= 0.6 is 0 Å². The number of rotatable bonds is 2. The van der Waals surface area contributed by atoms with Gasteiger partial charge in [-0.15, -0.1) is 0 Å². The molecule has 5 aliphatic carbocycles. The van der Waals surface area contributed by atoms with E-state index in [9.17, 15) is 9.90 Å². The Bertz CT molecular complexity index is 857. The molecule has 2 nitrogen and oxygen atoms in total. The lowest BCUT2D eigenvalue weighted by Crippen LogP contribution is -2.66. The standard InChI is InChI=1S/C31H50O2/c1-19(2)21-12-16-31(26(32)33)18-17-29(7)22(25(21)31)9-10-24-28(6)14-11-20(3)27(4,5)23(28)13-15-30(24,29)8/h20-25H,1,9-18H2,2-8H3,(H,32,33)/t20-,21-,22+,23-,24+,25+,28-,29+,30+,31-/m0/s1. The van der Waals surface area contributed by atoms with Crippen LogP contribution in [0, 0.1) is 62.6 Å². The molecule has 10 atom stereocenters. The first-order valence-corrected chi connectivity index (χ1v) is 14.1. The lowest BCUT2D eigenvalue weighted by molar-refractivity contribution is -0.242. The van der Waals surface area contributed by atoms with Crippen molar-refractivity contribution in [2.75, 3.05) is 0 Å². The second kappa shape index (κ2) is 7.13. The average molecular weight is 455 g/mol. The summed E-state index contributed by atoms with van der Waals surface area (Å²) in [7, 11) is 0. The highest BCUT2D eigenvalue weighted by Crippen LogP contribution is 2.77. The Labute approximate surface area is 203 Å². The molecule has 0 amide bonds. The zero-order chi connectivity index (χ0) is 24.2. The van der Waals surface area contributed by atoms with Gasteiger partial charge < -0.3 is 5.11 Å². The number of allylic oxidation sites excluding steroid dienone is 1. The van der Waals surface area contributed by atoms with Gasteiger partial charge in [0, 0.05) is 0 Å². The van der Waals surface area contributed by atoms with Crippen LogP contribution in [-0.4, -0.2) is 11.1 Å². The minimum Gasteiger partial charge on any atom is -0.481 e. The summed E-state index contributed by atoms with van der Waals surface area (Å²) >= 11 is 0. The van der Waals surface area contributed by atoms with Gasteiger partial charge in [-0.25, -0.2) is 0 Å². The molecule has 1 N–H and O–H groups in total. The molecule has 5 aliphatic rings. The van der Waals surface area contributed by atoms with E-state index in [1.54, 1.807) is 0 Å². The zero-order valence-electron chi connectivity index (χ0n) is 22.6. The van der Waals surface area contributed by atoms with Gasteiger partial charge in [0.2, 0.25) is 0 Å². The maximum absolute atomic E-state index is 12.8. The van der Waals surface area contributed by atoms with Gasteiger partial charge in [0.05, 0.1) is 5.41 Å². The van der Waals surface area contributed by atoms with Crippen LogP contribution in [0.25, 0.3) is 0 Å². The molecule has 5 saturated carbocycles. The first-order valence-electron chi connectivity index (χ1n) is 14.1. The second-order valence-corrected chi connectivity index (χ2v) is 14.9. The van der Waals surface area contributed by atoms with Crippen LogP contribution in [-0.2, 0) is 4.79 Å². The van der Waals surface area contributed by atoms with Gasteiger partial charge in [-0.3, -0.25) is 4.79 Å². The predicted octanol–water partition coefficient (Wildman–Crippen LogP) is 8.36. The lowest BCUT2D eigenvalue weighted by atomic mass is 9.32. The molecule has 0 heterocycles. The number of carbonyl (C=O) groups is 1. The summed E-state index contributed by atoms with van der Waals surface area (Å²) in [6.45, 7) is 22.1. The molecule has 186 valence electrons. The fourth-order valence-corrected chi connectivity index (χ4v) is 11.7. The minimum absolute atomic E-state index is 0.249. The van der Waals surface area contributed by atoms with Crippen molar-refractivity contribution in [3.8, 4) is 0 Å².